The van der Waals surface area contributed by atoms with Gasteiger partial charge in [0.05, 0.1) is 13.2 Å². The van der Waals surface area contributed by atoms with E-state index >= 15 is 0 Å². The lowest BCUT2D eigenvalue weighted by molar-refractivity contribution is -0.0707. The van der Waals surface area contributed by atoms with Gasteiger partial charge in [0.1, 0.15) is 0 Å². The van der Waals surface area contributed by atoms with Crippen molar-refractivity contribution in [1.82, 2.24) is 10.2 Å². The molecule has 2 fully saturated rings. The monoisotopic (exact) mass is 260 g/mol. The molecule has 3 nitrogen and oxygen atoms in total. The van der Waals surface area contributed by atoms with E-state index in [0.29, 0.717) is 6.04 Å². The Morgan fingerprint density at radius 3 is 2.89 bits per heavy atom. The standard InChI is InChI=1S/C16H24N2O/c1-13-4-3-5-14(8-13)16(11-19-12-16)9-15-10-18(2)7-6-17-15/h3-5,8,15,17H,6-7,9-12H2,1-2H3. The summed E-state index contributed by atoms with van der Waals surface area (Å²) in [6, 6.07) is 9.52. The predicted molar refractivity (Wildman–Crippen MR) is 77.6 cm³/mol. The van der Waals surface area contributed by atoms with Gasteiger partial charge in [-0.2, -0.15) is 0 Å². The Hall–Kier alpha value is -0.900. The molecule has 0 aromatic heterocycles. The highest BCUT2D eigenvalue weighted by Crippen LogP contribution is 2.37. The highest BCUT2D eigenvalue weighted by molar-refractivity contribution is 5.32. The summed E-state index contributed by atoms with van der Waals surface area (Å²) in [5, 5.41) is 3.66. The Morgan fingerprint density at radius 2 is 2.26 bits per heavy atom. The second-order valence-electron chi connectivity index (χ2n) is 6.26. The smallest absolute Gasteiger partial charge is 0.0586 e. The van der Waals surface area contributed by atoms with Crippen molar-refractivity contribution in [3.05, 3.63) is 35.4 Å². The molecule has 0 amide bonds. The van der Waals surface area contributed by atoms with Crippen molar-refractivity contribution in [1.29, 1.82) is 0 Å². The highest BCUT2D eigenvalue weighted by Gasteiger charge is 2.42. The summed E-state index contributed by atoms with van der Waals surface area (Å²) < 4.78 is 5.56. The van der Waals surface area contributed by atoms with Gasteiger partial charge in [0, 0.05) is 31.1 Å². The number of nitrogens with one attached hydrogen (secondary N) is 1. The third kappa shape index (κ3) is 2.69. The number of piperazine rings is 1. The van der Waals surface area contributed by atoms with Crippen molar-refractivity contribution in [2.24, 2.45) is 0 Å². The molecule has 1 atom stereocenters. The normalized spacial score (nSPS) is 26.9. The lowest BCUT2D eigenvalue weighted by Crippen LogP contribution is -2.56. The zero-order valence-corrected chi connectivity index (χ0v) is 12.0. The first-order valence-corrected chi connectivity index (χ1v) is 7.25. The Morgan fingerprint density at radius 1 is 1.42 bits per heavy atom. The number of rotatable bonds is 3. The van der Waals surface area contributed by atoms with Crippen LogP contribution in [0.5, 0.6) is 0 Å². The maximum Gasteiger partial charge on any atom is 0.0586 e. The SMILES string of the molecule is Cc1cccc(C2(CC3CN(C)CCN3)COC2)c1. The molecule has 0 bridgehead atoms. The number of nitrogens with zero attached hydrogens (tertiary/aromatic N) is 1. The van der Waals surface area contributed by atoms with Crippen LogP contribution in [0.4, 0.5) is 0 Å². The number of benzene rings is 1. The highest BCUT2D eigenvalue weighted by atomic mass is 16.5. The summed E-state index contributed by atoms with van der Waals surface area (Å²) >= 11 is 0. The second-order valence-corrected chi connectivity index (χ2v) is 6.26. The molecule has 0 saturated carbocycles. The van der Waals surface area contributed by atoms with Crippen LogP contribution in [0.15, 0.2) is 24.3 Å². The zero-order chi connectivity index (χ0) is 13.3. The van der Waals surface area contributed by atoms with Gasteiger partial charge < -0.3 is 15.0 Å². The molecule has 3 heteroatoms. The minimum Gasteiger partial charge on any atom is -0.379 e. The van der Waals surface area contributed by atoms with Gasteiger partial charge in [-0.15, -0.1) is 0 Å². The van der Waals surface area contributed by atoms with Gasteiger partial charge >= 0.3 is 0 Å². The fourth-order valence-electron chi connectivity index (χ4n) is 3.33. The van der Waals surface area contributed by atoms with Gasteiger partial charge in [-0.05, 0) is 26.0 Å². The minimum atomic E-state index is 0.238. The van der Waals surface area contributed by atoms with Crippen molar-refractivity contribution >= 4 is 0 Å². The first-order chi connectivity index (χ1) is 9.18. The molecule has 0 aliphatic carbocycles. The predicted octanol–water partition coefficient (Wildman–Crippen LogP) is 1.56. The molecule has 2 aliphatic rings. The van der Waals surface area contributed by atoms with Gasteiger partial charge in [-0.1, -0.05) is 29.8 Å². The van der Waals surface area contributed by atoms with Gasteiger partial charge in [0.25, 0.3) is 0 Å². The lowest BCUT2D eigenvalue weighted by Gasteiger charge is -2.46. The largest absolute Gasteiger partial charge is 0.379 e. The van der Waals surface area contributed by atoms with Crippen LogP contribution in [-0.4, -0.2) is 50.8 Å². The van der Waals surface area contributed by atoms with Crippen LogP contribution in [-0.2, 0) is 10.2 Å². The molecular formula is C16H24N2O. The molecule has 3 rings (SSSR count). The molecule has 104 valence electrons. The Bertz CT molecular complexity index is 442. The molecule has 2 saturated heterocycles. The van der Waals surface area contributed by atoms with Crippen molar-refractivity contribution in [3.63, 3.8) is 0 Å². The Kier molecular flexibility index (Phi) is 3.61. The maximum atomic E-state index is 5.56. The third-order valence-corrected chi connectivity index (χ3v) is 4.48. The summed E-state index contributed by atoms with van der Waals surface area (Å²) in [5.41, 5.74) is 3.04. The minimum absolute atomic E-state index is 0.238. The molecule has 1 aromatic carbocycles. The quantitative estimate of drug-likeness (QED) is 0.892. The zero-order valence-electron chi connectivity index (χ0n) is 12.0. The van der Waals surface area contributed by atoms with E-state index in [1.165, 1.54) is 17.5 Å². The van der Waals surface area contributed by atoms with Crippen LogP contribution < -0.4 is 5.32 Å². The number of ether oxygens (including phenoxy) is 1. The van der Waals surface area contributed by atoms with E-state index in [4.69, 9.17) is 4.74 Å². The second kappa shape index (κ2) is 5.23. The Balaban J connectivity index is 1.76. The average Bonchev–Trinajstić information content (AvgIpc) is 2.34. The number of hydrogen-bond donors (Lipinski definition) is 1. The molecule has 1 unspecified atom stereocenters. The number of aryl methyl sites for hydroxylation is 1. The van der Waals surface area contributed by atoms with Crippen LogP contribution in [0.3, 0.4) is 0 Å². The van der Waals surface area contributed by atoms with E-state index < -0.39 is 0 Å². The van der Waals surface area contributed by atoms with Crippen molar-refractivity contribution in [2.45, 2.75) is 24.8 Å². The van der Waals surface area contributed by atoms with Crippen molar-refractivity contribution in [2.75, 3.05) is 39.9 Å². The van der Waals surface area contributed by atoms with Crippen molar-refractivity contribution in [3.8, 4) is 0 Å². The van der Waals surface area contributed by atoms with Gasteiger partial charge in [-0.3, -0.25) is 0 Å². The van der Waals surface area contributed by atoms with Crippen molar-refractivity contribution < 1.29 is 4.74 Å². The van der Waals surface area contributed by atoms with Crippen LogP contribution in [0.1, 0.15) is 17.5 Å². The molecule has 0 spiro atoms. The maximum absolute atomic E-state index is 5.56. The molecule has 1 N–H and O–H groups in total. The fraction of sp³-hybridized carbons (Fsp3) is 0.625. The van der Waals surface area contributed by atoms with Gasteiger partial charge in [-0.25, -0.2) is 0 Å². The number of likely N-dealkylation sites (N-methyl/N-ethyl adjacent to an activating group) is 1. The summed E-state index contributed by atoms with van der Waals surface area (Å²) in [7, 11) is 2.21. The van der Waals surface area contributed by atoms with E-state index in [0.717, 1.165) is 32.8 Å². The molecule has 0 radical (unpaired) electrons. The summed E-state index contributed by atoms with van der Waals surface area (Å²) in [4.78, 5) is 2.42. The Labute approximate surface area is 115 Å². The van der Waals surface area contributed by atoms with Gasteiger partial charge in [0.15, 0.2) is 0 Å². The molecule has 2 aliphatic heterocycles. The first-order valence-electron chi connectivity index (χ1n) is 7.25. The average molecular weight is 260 g/mol. The molecule has 1 aromatic rings. The lowest BCUT2D eigenvalue weighted by atomic mass is 9.73. The number of hydrogen-bond acceptors (Lipinski definition) is 3. The molecule has 19 heavy (non-hydrogen) atoms. The summed E-state index contributed by atoms with van der Waals surface area (Å²) in [5.74, 6) is 0. The van der Waals surface area contributed by atoms with E-state index in [9.17, 15) is 0 Å². The van der Waals surface area contributed by atoms with E-state index in [2.05, 4.69) is 48.5 Å². The molecule has 2 heterocycles. The first kappa shape index (κ1) is 13.1. The van der Waals surface area contributed by atoms with Crippen LogP contribution >= 0.6 is 0 Å². The van der Waals surface area contributed by atoms with E-state index in [1.807, 2.05) is 0 Å². The van der Waals surface area contributed by atoms with Gasteiger partial charge in [0.2, 0.25) is 0 Å². The third-order valence-electron chi connectivity index (χ3n) is 4.48. The summed E-state index contributed by atoms with van der Waals surface area (Å²) in [6.45, 7) is 7.32. The summed E-state index contributed by atoms with van der Waals surface area (Å²) in [6.07, 6.45) is 1.18. The van der Waals surface area contributed by atoms with Crippen LogP contribution in [0.2, 0.25) is 0 Å². The van der Waals surface area contributed by atoms with Crippen LogP contribution in [0.25, 0.3) is 0 Å². The topological polar surface area (TPSA) is 24.5 Å². The van der Waals surface area contributed by atoms with Crippen LogP contribution in [0, 0.1) is 6.92 Å². The fourth-order valence-corrected chi connectivity index (χ4v) is 3.33. The molecular weight excluding hydrogens is 236 g/mol. The van der Waals surface area contributed by atoms with E-state index in [-0.39, 0.29) is 5.41 Å². The van der Waals surface area contributed by atoms with E-state index in [1.54, 1.807) is 0 Å².